The Hall–Kier alpha value is -3.14. The SMILES string of the molecule is CN[C@H]1C[C@@H](N(C)c2cnc(-c3ccc(-c4cnn(C)c4)cc3O)nn2)CCC(F)(F)C1. The number of nitrogens with one attached hydrogen (secondary N) is 1. The monoisotopic (exact) mass is 443 g/mol. The number of rotatable bonds is 5. The van der Waals surface area contributed by atoms with Crippen molar-refractivity contribution in [2.75, 3.05) is 19.0 Å². The van der Waals surface area contributed by atoms with Gasteiger partial charge in [-0.1, -0.05) is 6.07 Å². The molecule has 10 heteroatoms. The highest BCUT2D eigenvalue weighted by Gasteiger charge is 2.38. The van der Waals surface area contributed by atoms with Gasteiger partial charge in [0.15, 0.2) is 11.6 Å². The van der Waals surface area contributed by atoms with E-state index in [2.05, 4.69) is 25.6 Å². The molecule has 2 aromatic heterocycles. The first-order valence-electron chi connectivity index (χ1n) is 10.6. The third kappa shape index (κ3) is 4.69. The van der Waals surface area contributed by atoms with Crippen LogP contribution in [-0.2, 0) is 7.05 Å². The number of aromatic nitrogens is 5. The second-order valence-electron chi connectivity index (χ2n) is 8.36. The van der Waals surface area contributed by atoms with E-state index in [4.69, 9.17) is 0 Å². The molecule has 4 rings (SSSR count). The van der Waals surface area contributed by atoms with E-state index in [0.29, 0.717) is 24.2 Å². The summed E-state index contributed by atoms with van der Waals surface area (Å²) in [5.74, 6) is -1.84. The number of phenolic OH excluding ortho intramolecular Hbond substituents is 1. The van der Waals surface area contributed by atoms with Crippen LogP contribution in [0.2, 0.25) is 0 Å². The van der Waals surface area contributed by atoms with Crippen LogP contribution in [0.4, 0.5) is 14.6 Å². The van der Waals surface area contributed by atoms with Crippen molar-refractivity contribution in [3.8, 4) is 28.3 Å². The van der Waals surface area contributed by atoms with Gasteiger partial charge in [-0.3, -0.25) is 4.68 Å². The Labute approximate surface area is 185 Å². The summed E-state index contributed by atoms with van der Waals surface area (Å²) < 4.78 is 29.8. The van der Waals surface area contributed by atoms with Gasteiger partial charge < -0.3 is 15.3 Å². The number of nitrogens with zero attached hydrogens (tertiary/aromatic N) is 6. The fraction of sp³-hybridized carbons (Fsp3) is 0.455. The molecule has 0 aliphatic heterocycles. The number of hydrogen-bond donors (Lipinski definition) is 2. The summed E-state index contributed by atoms with van der Waals surface area (Å²) in [7, 11) is 5.37. The van der Waals surface area contributed by atoms with E-state index in [1.165, 1.54) is 0 Å². The van der Waals surface area contributed by atoms with E-state index in [0.717, 1.165) is 11.1 Å². The largest absolute Gasteiger partial charge is 0.507 e. The van der Waals surface area contributed by atoms with Crippen molar-refractivity contribution >= 4 is 5.82 Å². The highest BCUT2D eigenvalue weighted by Crippen LogP contribution is 2.35. The van der Waals surface area contributed by atoms with Gasteiger partial charge in [-0.05, 0) is 37.6 Å². The zero-order chi connectivity index (χ0) is 22.9. The molecule has 1 aliphatic carbocycles. The molecule has 3 aromatic rings. The molecular formula is C22H27F2N7O. The molecule has 2 N–H and O–H groups in total. The van der Waals surface area contributed by atoms with Gasteiger partial charge in [0.2, 0.25) is 5.92 Å². The zero-order valence-electron chi connectivity index (χ0n) is 18.3. The number of hydrogen-bond acceptors (Lipinski definition) is 7. The smallest absolute Gasteiger partial charge is 0.249 e. The third-order valence-corrected chi connectivity index (χ3v) is 6.09. The van der Waals surface area contributed by atoms with Gasteiger partial charge in [0.1, 0.15) is 5.75 Å². The molecule has 8 nitrogen and oxygen atoms in total. The van der Waals surface area contributed by atoms with Crippen molar-refractivity contribution in [2.45, 2.75) is 43.7 Å². The molecule has 1 aliphatic rings. The van der Waals surface area contributed by atoms with Gasteiger partial charge in [-0.2, -0.15) is 5.10 Å². The van der Waals surface area contributed by atoms with Gasteiger partial charge in [0.25, 0.3) is 0 Å². The van der Waals surface area contributed by atoms with E-state index in [-0.39, 0.29) is 36.5 Å². The van der Waals surface area contributed by atoms with E-state index >= 15 is 0 Å². The van der Waals surface area contributed by atoms with Crippen molar-refractivity contribution < 1.29 is 13.9 Å². The summed E-state index contributed by atoms with van der Waals surface area (Å²) in [6.07, 6.45) is 5.78. The van der Waals surface area contributed by atoms with E-state index in [1.807, 2.05) is 31.3 Å². The molecule has 0 radical (unpaired) electrons. The molecule has 0 amide bonds. The topological polar surface area (TPSA) is 92.0 Å². The lowest BCUT2D eigenvalue weighted by Gasteiger charge is -2.29. The zero-order valence-corrected chi connectivity index (χ0v) is 18.3. The van der Waals surface area contributed by atoms with Crippen molar-refractivity contribution in [3.05, 3.63) is 36.8 Å². The second kappa shape index (κ2) is 8.78. The summed E-state index contributed by atoms with van der Waals surface area (Å²) in [6.45, 7) is 0. The molecule has 1 saturated carbocycles. The number of alkyl halides is 2. The van der Waals surface area contributed by atoms with Crippen molar-refractivity contribution in [1.29, 1.82) is 0 Å². The van der Waals surface area contributed by atoms with Gasteiger partial charge in [0.05, 0.1) is 18.0 Å². The van der Waals surface area contributed by atoms with Crippen molar-refractivity contribution in [2.24, 2.45) is 7.05 Å². The maximum atomic E-state index is 14.0. The fourth-order valence-electron chi connectivity index (χ4n) is 4.15. The molecule has 0 spiro atoms. The number of aryl methyl sites for hydroxylation is 1. The molecule has 0 bridgehead atoms. The Kier molecular flexibility index (Phi) is 6.05. The Balaban J connectivity index is 1.51. The number of phenols is 1. The summed E-state index contributed by atoms with van der Waals surface area (Å²) in [6, 6.07) is 4.87. The lowest BCUT2D eigenvalue weighted by atomic mass is 10.0. The quantitative estimate of drug-likeness (QED) is 0.585. The van der Waals surface area contributed by atoms with Crippen LogP contribution in [0.3, 0.4) is 0 Å². The van der Waals surface area contributed by atoms with Crippen LogP contribution in [-0.4, -0.2) is 62.2 Å². The van der Waals surface area contributed by atoms with E-state index < -0.39 is 5.92 Å². The molecule has 170 valence electrons. The fourth-order valence-corrected chi connectivity index (χ4v) is 4.15. The summed E-state index contributed by atoms with van der Waals surface area (Å²) in [5, 5.41) is 26.1. The van der Waals surface area contributed by atoms with Gasteiger partial charge in [-0.15, -0.1) is 10.2 Å². The maximum Gasteiger partial charge on any atom is 0.249 e. The maximum absolute atomic E-state index is 14.0. The summed E-state index contributed by atoms with van der Waals surface area (Å²) >= 11 is 0. The number of halogens is 2. The molecule has 1 fully saturated rings. The molecule has 32 heavy (non-hydrogen) atoms. The molecule has 2 heterocycles. The van der Waals surface area contributed by atoms with Crippen LogP contribution in [0.25, 0.3) is 22.5 Å². The third-order valence-electron chi connectivity index (χ3n) is 6.09. The van der Waals surface area contributed by atoms with E-state index in [9.17, 15) is 13.9 Å². The minimum Gasteiger partial charge on any atom is -0.507 e. The molecule has 2 atom stereocenters. The highest BCUT2D eigenvalue weighted by atomic mass is 19.3. The Morgan fingerprint density at radius 1 is 1.22 bits per heavy atom. The molecule has 1 aromatic carbocycles. The van der Waals surface area contributed by atoms with Crippen molar-refractivity contribution in [1.82, 2.24) is 30.3 Å². The first kappa shape index (κ1) is 22.1. The minimum absolute atomic E-state index is 0.0390. The predicted molar refractivity (Wildman–Crippen MR) is 118 cm³/mol. The first-order valence-corrected chi connectivity index (χ1v) is 10.6. The Bertz CT molecular complexity index is 1070. The minimum atomic E-state index is -2.67. The Morgan fingerprint density at radius 2 is 2.03 bits per heavy atom. The highest BCUT2D eigenvalue weighted by molar-refractivity contribution is 5.72. The van der Waals surface area contributed by atoms with Crippen molar-refractivity contribution in [3.63, 3.8) is 0 Å². The van der Waals surface area contributed by atoms with Crippen LogP contribution < -0.4 is 10.2 Å². The number of benzene rings is 1. The molecule has 0 unspecified atom stereocenters. The summed E-state index contributed by atoms with van der Waals surface area (Å²) in [4.78, 5) is 6.23. The number of aromatic hydroxyl groups is 1. The normalized spacial score (nSPS) is 20.7. The van der Waals surface area contributed by atoms with Crippen LogP contribution in [0.1, 0.15) is 25.7 Å². The Morgan fingerprint density at radius 3 is 2.66 bits per heavy atom. The average molecular weight is 444 g/mol. The standard InChI is InChI=1S/C22H27F2N7O/c1-25-16-9-17(6-7-22(23,24)10-16)31(3)20-12-26-21(29-28-20)18-5-4-14(8-19(18)32)15-11-27-30(2)13-15/h4-5,8,11-13,16-17,25,32H,6-7,9-10H2,1-3H3/t16-,17-/m0/s1. The summed E-state index contributed by atoms with van der Waals surface area (Å²) in [5.41, 5.74) is 2.18. The average Bonchev–Trinajstić information content (AvgIpc) is 3.14. The lowest BCUT2D eigenvalue weighted by molar-refractivity contribution is -0.0197. The lowest BCUT2D eigenvalue weighted by Crippen LogP contribution is -2.38. The van der Waals surface area contributed by atoms with Crippen LogP contribution >= 0.6 is 0 Å². The predicted octanol–water partition coefficient (Wildman–Crippen LogP) is 3.25. The molecule has 0 saturated heterocycles. The van der Waals surface area contributed by atoms with E-state index in [1.54, 1.807) is 36.3 Å². The van der Waals surface area contributed by atoms with Crippen LogP contribution in [0, 0.1) is 0 Å². The number of anilines is 1. The van der Waals surface area contributed by atoms with Crippen LogP contribution in [0.15, 0.2) is 36.8 Å². The van der Waals surface area contributed by atoms with Gasteiger partial charge >= 0.3 is 0 Å². The molecular weight excluding hydrogens is 416 g/mol. The first-order chi connectivity index (χ1) is 15.3. The van der Waals surface area contributed by atoms with Gasteiger partial charge in [0, 0.05) is 50.8 Å². The second-order valence-corrected chi connectivity index (χ2v) is 8.36. The van der Waals surface area contributed by atoms with Gasteiger partial charge in [-0.25, -0.2) is 13.8 Å². The van der Waals surface area contributed by atoms with Crippen LogP contribution in [0.5, 0.6) is 5.75 Å².